The summed E-state index contributed by atoms with van der Waals surface area (Å²) in [7, 11) is 0. The molecule has 2 aromatic heterocycles. The molecule has 3 nitrogen and oxygen atoms in total. The maximum absolute atomic E-state index is 6.75. The Morgan fingerprint density at radius 1 is 0.483 bits per heavy atom. The highest BCUT2D eigenvalue weighted by Crippen LogP contribution is 2.55. The van der Waals surface area contributed by atoms with Gasteiger partial charge in [-0.05, 0) is 93.9 Å². The van der Waals surface area contributed by atoms with Crippen LogP contribution in [0.2, 0.25) is 0 Å². The molecule has 0 bridgehead atoms. The molecule has 58 heavy (non-hydrogen) atoms. The highest BCUT2D eigenvalue weighted by Gasteiger charge is 2.38. The molecule has 0 amide bonds. The fraction of sp³-hybridized carbons (Fsp3) is 0.0545. The van der Waals surface area contributed by atoms with Gasteiger partial charge >= 0.3 is 0 Å². The van der Waals surface area contributed by atoms with Gasteiger partial charge in [0.25, 0.3) is 0 Å². The summed E-state index contributed by atoms with van der Waals surface area (Å²) >= 11 is 0. The summed E-state index contributed by atoms with van der Waals surface area (Å²) in [4.78, 5) is 2.46. The van der Waals surface area contributed by atoms with Gasteiger partial charge in [0, 0.05) is 43.9 Å². The first kappa shape index (κ1) is 32.8. The molecule has 2 heterocycles. The van der Waals surface area contributed by atoms with Crippen LogP contribution >= 0.6 is 0 Å². The summed E-state index contributed by atoms with van der Waals surface area (Å²) in [6.45, 7) is 4.70. The molecule has 12 rings (SSSR count). The van der Waals surface area contributed by atoms with Crippen molar-refractivity contribution in [1.29, 1.82) is 0 Å². The Kier molecular flexibility index (Phi) is 6.98. The van der Waals surface area contributed by atoms with Gasteiger partial charge in [-0.3, -0.25) is 0 Å². The van der Waals surface area contributed by atoms with Crippen molar-refractivity contribution < 1.29 is 4.42 Å². The molecule has 11 aromatic rings. The van der Waals surface area contributed by atoms with Gasteiger partial charge in [0.05, 0.1) is 27.8 Å². The summed E-state index contributed by atoms with van der Waals surface area (Å²) in [5.41, 5.74) is 16.1. The van der Waals surface area contributed by atoms with Crippen LogP contribution in [0.4, 0.5) is 17.1 Å². The average Bonchev–Trinajstić information content (AvgIpc) is 3.91. The molecule has 1 aliphatic carbocycles. The summed E-state index contributed by atoms with van der Waals surface area (Å²) in [5, 5.41) is 7.04. The lowest BCUT2D eigenvalue weighted by Gasteiger charge is -2.29. The van der Waals surface area contributed by atoms with Crippen molar-refractivity contribution in [2.45, 2.75) is 19.3 Å². The maximum Gasteiger partial charge on any atom is 0.143 e. The van der Waals surface area contributed by atoms with Crippen LogP contribution < -0.4 is 4.90 Å². The van der Waals surface area contributed by atoms with E-state index in [0.29, 0.717) is 0 Å². The largest absolute Gasteiger partial charge is 0.455 e. The Labute approximate surface area is 336 Å². The molecule has 274 valence electrons. The molecule has 0 saturated heterocycles. The third-order valence-electron chi connectivity index (χ3n) is 12.6. The molecule has 1 aliphatic rings. The van der Waals surface area contributed by atoms with Gasteiger partial charge in [-0.15, -0.1) is 0 Å². The number of para-hydroxylation sites is 2. The van der Waals surface area contributed by atoms with Crippen LogP contribution in [0.1, 0.15) is 25.0 Å². The molecule has 0 spiro atoms. The first-order chi connectivity index (χ1) is 28.5. The van der Waals surface area contributed by atoms with E-state index in [-0.39, 0.29) is 5.41 Å². The molecule has 0 fully saturated rings. The van der Waals surface area contributed by atoms with E-state index in [4.69, 9.17) is 4.42 Å². The van der Waals surface area contributed by atoms with Gasteiger partial charge in [-0.1, -0.05) is 147 Å². The Balaban J connectivity index is 1.06. The number of fused-ring (bicyclic) bond motifs is 11. The summed E-state index contributed by atoms with van der Waals surface area (Å²) in [6.07, 6.45) is 0. The molecule has 9 aromatic carbocycles. The third-order valence-corrected chi connectivity index (χ3v) is 12.6. The molecule has 0 saturated carbocycles. The van der Waals surface area contributed by atoms with Gasteiger partial charge in [0.1, 0.15) is 11.2 Å². The highest BCUT2D eigenvalue weighted by atomic mass is 16.3. The van der Waals surface area contributed by atoms with E-state index in [1.807, 2.05) is 0 Å². The summed E-state index contributed by atoms with van der Waals surface area (Å²) in [5.74, 6) is 0. The van der Waals surface area contributed by atoms with E-state index in [1.54, 1.807) is 0 Å². The van der Waals surface area contributed by atoms with Crippen molar-refractivity contribution in [2.24, 2.45) is 0 Å². The van der Waals surface area contributed by atoms with E-state index in [9.17, 15) is 0 Å². The Hall–Kier alpha value is -7.36. The minimum atomic E-state index is -0.133. The van der Waals surface area contributed by atoms with Crippen LogP contribution in [0.15, 0.2) is 199 Å². The fourth-order valence-electron chi connectivity index (χ4n) is 9.88. The van der Waals surface area contributed by atoms with E-state index in [1.165, 1.54) is 55.0 Å². The van der Waals surface area contributed by atoms with E-state index in [0.717, 1.165) is 55.6 Å². The van der Waals surface area contributed by atoms with E-state index >= 15 is 0 Å². The van der Waals surface area contributed by atoms with Gasteiger partial charge in [-0.25, -0.2) is 0 Å². The first-order valence-corrected chi connectivity index (χ1v) is 20.1. The van der Waals surface area contributed by atoms with E-state index < -0.39 is 0 Å². The number of nitrogens with zero attached hydrogens (tertiary/aromatic N) is 2. The molecule has 3 heteroatoms. The maximum atomic E-state index is 6.75. The molecule has 0 unspecified atom stereocenters. The highest BCUT2D eigenvalue weighted by molar-refractivity contribution is 6.20. The number of furan rings is 1. The smallest absolute Gasteiger partial charge is 0.143 e. The van der Waals surface area contributed by atoms with Crippen molar-refractivity contribution in [3.8, 4) is 27.9 Å². The summed E-state index contributed by atoms with van der Waals surface area (Å²) in [6, 6.07) is 70.6. The Morgan fingerprint density at radius 3 is 1.95 bits per heavy atom. The van der Waals surface area contributed by atoms with Gasteiger partial charge in [0.15, 0.2) is 0 Å². The lowest BCUT2D eigenvalue weighted by Crippen LogP contribution is -2.16. The zero-order valence-corrected chi connectivity index (χ0v) is 32.3. The van der Waals surface area contributed by atoms with Crippen LogP contribution in [0.25, 0.3) is 82.5 Å². The normalized spacial score (nSPS) is 13.1. The second kappa shape index (κ2) is 12.3. The predicted molar refractivity (Wildman–Crippen MR) is 243 cm³/mol. The molecule has 0 N–H and O–H groups in total. The molecule has 0 atom stereocenters. The number of hydrogen-bond donors (Lipinski definition) is 0. The third kappa shape index (κ3) is 4.68. The van der Waals surface area contributed by atoms with E-state index in [2.05, 4.69) is 217 Å². The molecular formula is C55H38N2O. The topological polar surface area (TPSA) is 21.3 Å². The number of rotatable bonds is 5. The number of aromatic nitrogens is 1. The van der Waals surface area contributed by atoms with Crippen molar-refractivity contribution in [3.63, 3.8) is 0 Å². The monoisotopic (exact) mass is 742 g/mol. The van der Waals surface area contributed by atoms with Crippen molar-refractivity contribution in [1.82, 2.24) is 4.57 Å². The van der Waals surface area contributed by atoms with Crippen LogP contribution in [-0.4, -0.2) is 4.57 Å². The molecular weight excluding hydrogens is 705 g/mol. The second-order valence-corrected chi connectivity index (χ2v) is 16.1. The fourth-order valence-corrected chi connectivity index (χ4v) is 9.88. The first-order valence-electron chi connectivity index (χ1n) is 20.1. The number of benzene rings is 9. The molecule has 0 aliphatic heterocycles. The zero-order valence-electron chi connectivity index (χ0n) is 32.3. The number of hydrogen-bond acceptors (Lipinski definition) is 2. The lowest BCUT2D eigenvalue weighted by atomic mass is 9.82. The predicted octanol–water partition coefficient (Wildman–Crippen LogP) is 15.3. The minimum Gasteiger partial charge on any atom is -0.455 e. The van der Waals surface area contributed by atoms with Crippen molar-refractivity contribution in [3.05, 3.63) is 205 Å². The zero-order chi connectivity index (χ0) is 38.5. The Morgan fingerprint density at radius 2 is 1.14 bits per heavy atom. The van der Waals surface area contributed by atoms with Gasteiger partial charge in [0.2, 0.25) is 0 Å². The van der Waals surface area contributed by atoms with Crippen molar-refractivity contribution >= 4 is 71.6 Å². The van der Waals surface area contributed by atoms with Crippen molar-refractivity contribution in [2.75, 3.05) is 4.90 Å². The van der Waals surface area contributed by atoms with Gasteiger partial charge in [-0.2, -0.15) is 0 Å². The van der Waals surface area contributed by atoms with Crippen LogP contribution in [0.3, 0.4) is 0 Å². The lowest BCUT2D eigenvalue weighted by molar-refractivity contribution is 0.660. The SMILES string of the molecule is CC1(C)c2ccccc2-c2c(N(c3ccc(-c4cccc(-n5c6ccccc6c6ccccc65)c4)cc3)c3cccc4oc5c6ccccc6ccc5c34)cccc21. The quantitative estimate of drug-likeness (QED) is 0.175. The molecule has 0 radical (unpaired) electrons. The summed E-state index contributed by atoms with van der Waals surface area (Å²) < 4.78 is 9.14. The second-order valence-electron chi connectivity index (χ2n) is 16.1. The van der Waals surface area contributed by atoms with Crippen LogP contribution in [-0.2, 0) is 5.41 Å². The van der Waals surface area contributed by atoms with Gasteiger partial charge < -0.3 is 13.9 Å². The average molecular weight is 743 g/mol. The minimum absolute atomic E-state index is 0.133. The number of anilines is 3. The van der Waals surface area contributed by atoms with Crippen LogP contribution in [0.5, 0.6) is 0 Å². The standard InChI is InChI=1S/C55H38N2O/c1-55(2)45-21-8-5-20-43(45)52-46(55)22-12-25-49(52)56(50-26-13-27-51-53(50)44-33-30-36-14-3-4-17-40(36)54(44)58-51)38-31-28-35(29-32-38)37-15-11-16-39(34-37)57-47-23-9-6-18-41(47)42-19-7-10-24-48(42)57/h3-34H,1-2H3. The van der Waals surface area contributed by atoms with Crippen LogP contribution in [0, 0.1) is 0 Å². The Bertz CT molecular complexity index is 3380.